The van der Waals surface area contributed by atoms with Crippen molar-refractivity contribution in [3.63, 3.8) is 0 Å². The molecule has 0 unspecified atom stereocenters. The molecule has 1 aromatic carbocycles. The van der Waals surface area contributed by atoms with Crippen molar-refractivity contribution in [1.82, 2.24) is 0 Å². The second-order valence-electron chi connectivity index (χ2n) is 4.11. The number of sulfone groups is 1. The Morgan fingerprint density at radius 3 is 2.18 bits per heavy atom. The maximum Gasteiger partial charge on any atom is 0.175 e. The fourth-order valence-corrected chi connectivity index (χ4v) is 2.09. The van der Waals surface area contributed by atoms with Gasteiger partial charge in [-0.25, -0.2) is 8.42 Å². The maximum atomic E-state index is 11.2. The predicted molar refractivity (Wildman–Crippen MR) is 73.2 cm³/mol. The summed E-state index contributed by atoms with van der Waals surface area (Å²) >= 11 is 0. The van der Waals surface area contributed by atoms with Gasteiger partial charge in [0.1, 0.15) is 0 Å². The zero-order valence-corrected chi connectivity index (χ0v) is 11.6. The summed E-state index contributed by atoms with van der Waals surface area (Å²) in [6, 6.07) is 6.56. The fourth-order valence-electron chi connectivity index (χ4n) is 1.46. The average Bonchev–Trinajstić information content (AvgIpc) is 2.15. The third-order valence-electron chi connectivity index (χ3n) is 2.30. The SMILES string of the molecule is C=C(C)C[C@H](N)c1ccc(S(C)(=O)=O)cc1.Cl. The zero-order valence-electron chi connectivity index (χ0n) is 10.0. The van der Waals surface area contributed by atoms with Crippen molar-refractivity contribution in [3.8, 4) is 0 Å². The van der Waals surface area contributed by atoms with Gasteiger partial charge in [0.2, 0.25) is 0 Å². The van der Waals surface area contributed by atoms with Crippen molar-refractivity contribution in [2.45, 2.75) is 24.3 Å². The van der Waals surface area contributed by atoms with Crippen LogP contribution in [0.1, 0.15) is 24.9 Å². The summed E-state index contributed by atoms with van der Waals surface area (Å²) in [6.07, 6.45) is 1.90. The topological polar surface area (TPSA) is 60.2 Å². The highest BCUT2D eigenvalue weighted by Crippen LogP contribution is 2.19. The third-order valence-corrected chi connectivity index (χ3v) is 3.43. The van der Waals surface area contributed by atoms with Crippen LogP contribution in [0.4, 0.5) is 0 Å². The predicted octanol–water partition coefficient (Wildman–Crippen LogP) is 2.48. The summed E-state index contributed by atoms with van der Waals surface area (Å²) in [5.74, 6) is 0. The van der Waals surface area contributed by atoms with Gasteiger partial charge in [-0.15, -0.1) is 19.0 Å². The molecule has 0 amide bonds. The molecule has 3 nitrogen and oxygen atoms in total. The Morgan fingerprint density at radius 2 is 1.82 bits per heavy atom. The number of rotatable bonds is 4. The van der Waals surface area contributed by atoms with Crippen LogP contribution in [0.5, 0.6) is 0 Å². The molecular weight excluding hydrogens is 258 g/mol. The van der Waals surface area contributed by atoms with E-state index in [1.165, 1.54) is 6.26 Å². The van der Waals surface area contributed by atoms with E-state index in [2.05, 4.69) is 6.58 Å². The molecule has 5 heteroatoms. The van der Waals surface area contributed by atoms with E-state index >= 15 is 0 Å². The van der Waals surface area contributed by atoms with Crippen LogP contribution in [-0.2, 0) is 9.84 Å². The van der Waals surface area contributed by atoms with Gasteiger partial charge < -0.3 is 5.73 Å². The van der Waals surface area contributed by atoms with Crippen LogP contribution in [0, 0.1) is 0 Å². The van der Waals surface area contributed by atoms with Crippen molar-refractivity contribution in [2.75, 3.05) is 6.26 Å². The first kappa shape index (κ1) is 16.2. The minimum Gasteiger partial charge on any atom is -0.324 e. The first-order valence-electron chi connectivity index (χ1n) is 5.00. The number of halogens is 1. The Labute approximate surface area is 109 Å². The van der Waals surface area contributed by atoms with Crippen molar-refractivity contribution < 1.29 is 8.42 Å². The summed E-state index contributed by atoms with van der Waals surface area (Å²) in [6.45, 7) is 5.72. The van der Waals surface area contributed by atoms with Crippen LogP contribution in [0.3, 0.4) is 0 Å². The standard InChI is InChI=1S/C12H17NO2S.ClH/c1-9(2)8-12(13)10-4-6-11(7-5-10)16(3,14)15;/h4-7,12H,1,8,13H2,2-3H3;1H/t12-;/m0./s1. The quantitative estimate of drug-likeness (QED) is 0.859. The highest BCUT2D eigenvalue weighted by Gasteiger charge is 2.09. The Bertz CT molecular complexity index is 480. The molecule has 0 fully saturated rings. The van der Waals surface area contributed by atoms with Gasteiger partial charge in [-0.1, -0.05) is 17.7 Å². The first-order chi connectivity index (χ1) is 7.30. The monoisotopic (exact) mass is 275 g/mol. The van der Waals surface area contributed by atoms with Gasteiger partial charge in [-0.3, -0.25) is 0 Å². The van der Waals surface area contributed by atoms with Crippen LogP contribution in [0.2, 0.25) is 0 Å². The molecule has 0 saturated heterocycles. The van der Waals surface area contributed by atoms with E-state index in [4.69, 9.17) is 5.73 Å². The van der Waals surface area contributed by atoms with Gasteiger partial charge in [0.05, 0.1) is 4.90 Å². The molecular formula is C12H18ClNO2S. The lowest BCUT2D eigenvalue weighted by atomic mass is 10.0. The average molecular weight is 276 g/mol. The maximum absolute atomic E-state index is 11.2. The van der Waals surface area contributed by atoms with Crippen LogP contribution in [0.15, 0.2) is 41.3 Å². The summed E-state index contributed by atoms with van der Waals surface area (Å²) in [7, 11) is -3.13. The van der Waals surface area contributed by atoms with Crippen molar-refractivity contribution >= 4 is 22.2 Å². The molecule has 2 N–H and O–H groups in total. The number of hydrogen-bond donors (Lipinski definition) is 1. The lowest BCUT2D eigenvalue weighted by Gasteiger charge is -2.12. The molecule has 0 aromatic heterocycles. The largest absolute Gasteiger partial charge is 0.324 e. The van der Waals surface area contributed by atoms with E-state index in [0.717, 1.165) is 11.1 Å². The van der Waals surface area contributed by atoms with Crippen molar-refractivity contribution in [1.29, 1.82) is 0 Å². The highest BCUT2D eigenvalue weighted by molar-refractivity contribution is 7.90. The van der Waals surface area contributed by atoms with Gasteiger partial charge in [-0.2, -0.15) is 0 Å². The van der Waals surface area contributed by atoms with Crippen molar-refractivity contribution in [3.05, 3.63) is 42.0 Å². The Hall–Kier alpha value is -0.840. The van der Waals surface area contributed by atoms with Crippen LogP contribution in [-0.4, -0.2) is 14.7 Å². The van der Waals surface area contributed by atoms with Crippen molar-refractivity contribution in [2.24, 2.45) is 5.73 Å². The second-order valence-corrected chi connectivity index (χ2v) is 6.12. The molecule has 0 heterocycles. The normalized spacial score (nSPS) is 12.6. The smallest absolute Gasteiger partial charge is 0.175 e. The molecule has 0 aliphatic heterocycles. The van der Waals surface area contributed by atoms with Gasteiger partial charge in [0.15, 0.2) is 9.84 Å². The summed E-state index contributed by atoms with van der Waals surface area (Å²) in [5.41, 5.74) is 7.88. The van der Waals surface area contributed by atoms with Gasteiger partial charge in [0.25, 0.3) is 0 Å². The molecule has 0 aliphatic carbocycles. The third kappa shape index (κ3) is 4.89. The molecule has 0 bridgehead atoms. The molecule has 0 aliphatic rings. The second kappa shape index (κ2) is 6.19. The van der Waals surface area contributed by atoms with E-state index in [-0.39, 0.29) is 18.4 Å². The summed E-state index contributed by atoms with van der Waals surface area (Å²) in [4.78, 5) is 0.318. The summed E-state index contributed by atoms with van der Waals surface area (Å²) < 4.78 is 22.5. The number of hydrogen-bond acceptors (Lipinski definition) is 3. The minimum absolute atomic E-state index is 0. The Balaban J connectivity index is 0.00000256. The van der Waals surface area contributed by atoms with Crippen LogP contribution >= 0.6 is 12.4 Å². The van der Waals surface area contributed by atoms with E-state index in [1.807, 2.05) is 6.92 Å². The molecule has 17 heavy (non-hydrogen) atoms. The van der Waals surface area contributed by atoms with E-state index in [9.17, 15) is 8.42 Å². The highest BCUT2D eigenvalue weighted by atomic mass is 35.5. The van der Waals surface area contributed by atoms with E-state index < -0.39 is 9.84 Å². The lowest BCUT2D eigenvalue weighted by Crippen LogP contribution is -2.10. The molecule has 1 rings (SSSR count). The molecule has 1 atom stereocenters. The summed E-state index contributed by atoms with van der Waals surface area (Å²) in [5, 5.41) is 0. The Morgan fingerprint density at radius 1 is 1.35 bits per heavy atom. The molecule has 0 radical (unpaired) electrons. The first-order valence-corrected chi connectivity index (χ1v) is 6.90. The Kier molecular flexibility index (Phi) is 5.88. The molecule has 1 aromatic rings. The van der Waals surface area contributed by atoms with Gasteiger partial charge in [-0.05, 0) is 31.0 Å². The molecule has 96 valence electrons. The molecule has 0 saturated carbocycles. The lowest BCUT2D eigenvalue weighted by molar-refractivity contribution is 0.601. The fraction of sp³-hybridized carbons (Fsp3) is 0.333. The zero-order chi connectivity index (χ0) is 12.3. The van der Waals surface area contributed by atoms with Gasteiger partial charge >= 0.3 is 0 Å². The number of benzene rings is 1. The van der Waals surface area contributed by atoms with Crippen LogP contribution in [0.25, 0.3) is 0 Å². The van der Waals surface area contributed by atoms with E-state index in [0.29, 0.717) is 11.3 Å². The minimum atomic E-state index is -3.13. The van der Waals surface area contributed by atoms with E-state index in [1.54, 1.807) is 24.3 Å². The van der Waals surface area contributed by atoms with Crippen LogP contribution < -0.4 is 5.73 Å². The molecule has 0 spiro atoms. The van der Waals surface area contributed by atoms with Gasteiger partial charge in [0, 0.05) is 12.3 Å². The number of nitrogens with two attached hydrogens (primary N) is 1.